The van der Waals surface area contributed by atoms with E-state index in [-0.39, 0.29) is 5.91 Å². The first-order valence-electron chi connectivity index (χ1n) is 7.84. The monoisotopic (exact) mass is 314 g/mol. The van der Waals surface area contributed by atoms with Gasteiger partial charge in [-0.3, -0.25) is 4.79 Å². The lowest BCUT2D eigenvalue weighted by Crippen LogP contribution is -2.29. The van der Waals surface area contributed by atoms with Crippen LogP contribution in [0.5, 0.6) is 0 Å². The van der Waals surface area contributed by atoms with E-state index in [0.29, 0.717) is 5.75 Å². The number of pyridine rings is 1. The summed E-state index contributed by atoms with van der Waals surface area (Å²) in [7, 11) is 0. The lowest BCUT2D eigenvalue weighted by molar-refractivity contribution is -0.127. The molecule has 1 saturated heterocycles. The Bertz CT molecular complexity index is 721. The van der Waals surface area contributed by atoms with Crippen LogP contribution in [0.1, 0.15) is 29.5 Å². The fourth-order valence-electron chi connectivity index (χ4n) is 3.08. The second-order valence-corrected chi connectivity index (χ2v) is 7.13. The highest BCUT2D eigenvalue weighted by Gasteiger charge is 2.18. The third-order valence-corrected chi connectivity index (χ3v) is 5.13. The molecule has 1 amide bonds. The average molecular weight is 314 g/mol. The van der Waals surface area contributed by atoms with Gasteiger partial charge in [-0.15, -0.1) is 0 Å². The molecule has 3 rings (SSSR count). The fraction of sp³-hybridized carbons (Fsp3) is 0.444. The van der Waals surface area contributed by atoms with Crippen molar-refractivity contribution in [2.75, 3.05) is 18.8 Å². The van der Waals surface area contributed by atoms with Gasteiger partial charge in [-0.25, -0.2) is 4.98 Å². The Labute approximate surface area is 136 Å². The molecule has 1 fully saturated rings. The number of benzene rings is 1. The molecule has 1 aromatic carbocycles. The number of rotatable bonds is 3. The van der Waals surface area contributed by atoms with Crippen molar-refractivity contribution in [3.63, 3.8) is 0 Å². The van der Waals surface area contributed by atoms with Crippen LogP contribution in [0.3, 0.4) is 0 Å². The fourth-order valence-corrected chi connectivity index (χ4v) is 3.95. The zero-order valence-electron chi connectivity index (χ0n) is 13.5. The molecule has 116 valence electrons. The quantitative estimate of drug-likeness (QED) is 0.806. The van der Waals surface area contributed by atoms with Crippen LogP contribution in [0.4, 0.5) is 0 Å². The highest BCUT2D eigenvalue weighted by atomic mass is 32.2. The van der Waals surface area contributed by atoms with Gasteiger partial charge in [-0.1, -0.05) is 23.4 Å². The minimum absolute atomic E-state index is 0.239. The summed E-state index contributed by atoms with van der Waals surface area (Å²) in [5.41, 5.74) is 4.75. The first kappa shape index (κ1) is 15.3. The molecule has 0 aliphatic carbocycles. The van der Waals surface area contributed by atoms with Gasteiger partial charge >= 0.3 is 0 Å². The number of carbonyl (C=O) groups is 1. The standard InChI is InChI=1S/C18H22N2OS/c1-12-8-14(3)18-15(9-12)13(2)10-16(19-18)22-11-17(21)20-6-4-5-7-20/h8-10H,4-7,11H2,1-3H3. The van der Waals surface area contributed by atoms with Gasteiger partial charge in [0.2, 0.25) is 5.91 Å². The lowest BCUT2D eigenvalue weighted by Gasteiger charge is -2.15. The predicted molar refractivity (Wildman–Crippen MR) is 92.5 cm³/mol. The molecular weight excluding hydrogens is 292 g/mol. The molecule has 3 nitrogen and oxygen atoms in total. The van der Waals surface area contributed by atoms with Gasteiger partial charge in [-0.2, -0.15) is 0 Å². The maximum absolute atomic E-state index is 12.2. The van der Waals surface area contributed by atoms with E-state index in [1.807, 2.05) is 4.90 Å². The van der Waals surface area contributed by atoms with Crippen LogP contribution in [0, 0.1) is 20.8 Å². The topological polar surface area (TPSA) is 33.2 Å². The van der Waals surface area contributed by atoms with Crippen molar-refractivity contribution < 1.29 is 4.79 Å². The Balaban J connectivity index is 1.81. The summed E-state index contributed by atoms with van der Waals surface area (Å²) >= 11 is 1.55. The van der Waals surface area contributed by atoms with Gasteiger partial charge in [0.1, 0.15) is 0 Å². The summed E-state index contributed by atoms with van der Waals surface area (Å²) in [6, 6.07) is 6.45. The van der Waals surface area contributed by atoms with Crippen molar-refractivity contribution in [1.29, 1.82) is 0 Å². The number of aromatic nitrogens is 1. The van der Waals surface area contributed by atoms with Gasteiger partial charge in [0.05, 0.1) is 16.3 Å². The lowest BCUT2D eigenvalue weighted by atomic mass is 10.0. The van der Waals surface area contributed by atoms with E-state index >= 15 is 0 Å². The van der Waals surface area contributed by atoms with Crippen molar-refractivity contribution in [3.05, 3.63) is 34.9 Å². The number of likely N-dealkylation sites (tertiary alicyclic amines) is 1. The highest BCUT2D eigenvalue weighted by molar-refractivity contribution is 7.99. The maximum Gasteiger partial charge on any atom is 0.232 e. The molecule has 0 unspecified atom stereocenters. The van der Waals surface area contributed by atoms with E-state index in [0.717, 1.165) is 36.5 Å². The summed E-state index contributed by atoms with van der Waals surface area (Å²) in [5.74, 6) is 0.728. The molecule has 4 heteroatoms. The largest absolute Gasteiger partial charge is 0.342 e. The van der Waals surface area contributed by atoms with E-state index in [1.165, 1.54) is 22.1 Å². The SMILES string of the molecule is Cc1cc(C)c2nc(SCC(=O)N3CCCC3)cc(C)c2c1. The Hall–Kier alpha value is -1.55. The molecule has 0 saturated carbocycles. The molecule has 2 heterocycles. The van der Waals surface area contributed by atoms with Crippen molar-refractivity contribution in [2.24, 2.45) is 0 Å². The van der Waals surface area contributed by atoms with E-state index in [4.69, 9.17) is 4.98 Å². The predicted octanol–water partition coefficient (Wildman–Crippen LogP) is 3.87. The second kappa shape index (κ2) is 6.29. The van der Waals surface area contributed by atoms with Crippen LogP contribution in [0.25, 0.3) is 10.9 Å². The van der Waals surface area contributed by atoms with Gasteiger partial charge in [0.25, 0.3) is 0 Å². The Morgan fingerprint density at radius 2 is 1.86 bits per heavy atom. The number of fused-ring (bicyclic) bond motifs is 1. The highest BCUT2D eigenvalue weighted by Crippen LogP contribution is 2.27. The smallest absolute Gasteiger partial charge is 0.232 e. The Morgan fingerprint density at radius 3 is 2.59 bits per heavy atom. The van der Waals surface area contributed by atoms with Crippen molar-refractivity contribution in [3.8, 4) is 0 Å². The third-order valence-electron chi connectivity index (χ3n) is 4.23. The van der Waals surface area contributed by atoms with E-state index < -0.39 is 0 Å². The summed E-state index contributed by atoms with van der Waals surface area (Å²) in [4.78, 5) is 18.9. The molecule has 0 radical (unpaired) electrons. The number of carbonyl (C=O) groups excluding carboxylic acids is 1. The molecule has 22 heavy (non-hydrogen) atoms. The van der Waals surface area contributed by atoms with Crippen molar-refractivity contribution in [1.82, 2.24) is 9.88 Å². The molecular formula is C18H22N2OS. The van der Waals surface area contributed by atoms with Crippen LogP contribution in [0.2, 0.25) is 0 Å². The van der Waals surface area contributed by atoms with Gasteiger partial charge < -0.3 is 4.90 Å². The summed E-state index contributed by atoms with van der Waals surface area (Å²) in [5, 5.41) is 2.16. The molecule has 0 spiro atoms. The first-order valence-corrected chi connectivity index (χ1v) is 8.82. The number of hydrogen-bond donors (Lipinski definition) is 0. The molecule has 1 aliphatic heterocycles. The molecule has 0 bridgehead atoms. The van der Waals surface area contributed by atoms with Crippen LogP contribution in [-0.4, -0.2) is 34.6 Å². The normalized spacial score (nSPS) is 14.8. The molecule has 2 aromatic rings. The van der Waals surface area contributed by atoms with Crippen molar-refractivity contribution >= 4 is 28.6 Å². The second-order valence-electron chi connectivity index (χ2n) is 6.13. The van der Waals surface area contributed by atoms with Gasteiger partial charge in [-0.05, 0) is 56.9 Å². The molecule has 0 N–H and O–H groups in total. The number of amides is 1. The van der Waals surface area contributed by atoms with Gasteiger partial charge in [0.15, 0.2) is 0 Å². The summed E-state index contributed by atoms with van der Waals surface area (Å²) in [6.45, 7) is 8.17. The minimum Gasteiger partial charge on any atom is -0.342 e. The molecule has 0 atom stereocenters. The third kappa shape index (κ3) is 3.12. The van der Waals surface area contributed by atoms with Crippen LogP contribution < -0.4 is 0 Å². The number of thioether (sulfide) groups is 1. The van der Waals surface area contributed by atoms with Crippen LogP contribution in [0.15, 0.2) is 23.2 Å². The minimum atomic E-state index is 0.239. The zero-order chi connectivity index (χ0) is 15.7. The number of nitrogens with zero attached hydrogens (tertiary/aromatic N) is 2. The molecule has 1 aliphatic rings. The first-order chi connectivity index (χ1) is 10.5. The van der Waals surface area contributed by atoms with E-state index in [2.05, 4.69) is 39.0 Å². The number of aryl methyl sites for hydroxylation is 3. The Kier molecular flexibility index (Phi) is 4.39. The summed E-state index contributed by atoms with van der Waals surface area (Å²) in [6.07, 6.45) is 2.28. The number of hydrogen-bond acceptors (Lipinski definition) is 3. The van der Waals surface area contributed by atoms with Crippen LogP contribution in [-0.2, 0) is 4.79 Å². The zero-order valence-corrected chi connectivity index (χ0v) is 14.3. The summed E-state index contributed by atoms with van der Waals surface area (Å²) < 4.78 is 0. The van der Waals surface area contributed by atoms with E-state index in [1.54, 1.807) is 11.8 Å². The van der Waals surface area contributed by atoms with Crippen LogP contribution >= 0.6 is 11.8 Å². The Morgan fingerprint density at radius 1 is 1.14 bits per heavy atom. The molecule has 1 aromatic heterocycles. The van der Waals surface area contributed by atoms with Gasteiger partial charge in [0, 0.05) is 18.5 Å². The maximum atomic E-state index is 12.2. The van der Waals surface area contributed by atoms with E-state index in [9.17, 15) is 4.79 Å². The average Bonchev–Trinajstić information content (AvgIpc) is 3.00. The van der Waals surface area contributed by atoms with Crippen molar-refractivity contribution in [2.45, 2.75) is 38.6 Å².